The van der Waals surface area contributed by atoms with E-state index in [0.29, 0.717) is 12.8 Å². The Morgan fingerprint density at radius 1 is 1.11 bits per heavy atom. The van der Waals surface area contributed by atoms with E-state index >= 15 is 0 Å². The normalized spacial score (nSPS) is 22.4. The summed E-state index contributed by atoms with van der Waals surface area (Å²) in [4.78, 5) is 61.0. The van der Waals surface area contributed by atoms with Gasteiger partial charge in [-0.05, 0) is 33.6 Å². The maximum absolute atomic E-state index is 12.3. The molecule has 3 atom stereocenters. The number of nitrogens with zero attached hydrogens (tertiary/aromatic N) is 1. The molecule has 0 saturated carbocycles. The van der Waals surface area contributed by atoms with Crippen LogP contribution in [0.1, 0.15) is 40.0 Å². The van der Waals surface area contributed by atoms with Crippen molar-refractivity contribution in [2.75, 3.05) is 6.54 Å². The summed E-state index contributed by atoms with van der Waals surface area (Å²) in [6.07, 6.45) is 3.46. The van der Waals surface area contributed by atoms with Gasteiger partial charge in [0.2, 0.25) is 11.8 Å². The van der Waals surface area contributed by atoms with Crippen molar-refractivity contribution in [3.05, 3.63) is 12.2 Å². The lowest BCUT2D eigenvalue weighted by molar-refractivity contribution is -0.155. The Morgan fingerprint density at radius 2 is 1.67 bits per heavy atom. The van der Waals surface area contributed by atoms with E-state index < -0.39 is 24.0 Å². The van der Waals surface area contributed by atoms with Crippen molar-refractivity contribution in [3.8, 4) is 0 Å². The molecule has 0 radical (unpaired) electrons. The van der Waals surface area contributed by atoms with Gasteiger partial charge in [0.15, 0.2) is 6.10 Å². The fourth-order valence-electron chi connectivity index (χ4n) is 3.11. The minimum absolute atomic E-state index is 0.0777. The van der Waals surface area contributed by atoms with Crippen molar-refractivity contribution in [2.24, 2.45) is 11.8 Å². The van der Waals surface area contributed by atoms with Crippen LogP contribution < -0.4 is 10.6 Å². The summed E-state index contributed by atoms with van der Waals surface area (Å²) < 4.78 is 4.97. The molecule has 9 nitrogen and oxygen atoms in total. The van der Waals surface area contributed by atoms with Crippen LogP contribution in [0.15, 0.2) is 12.2 Å². The Balaban J connectivity index is 1.79. The highest BCUT2D eigenvalue weighted by Gasteiger charge is 2.47. The average Bonchev–Trinajstić information content (AvgIpc) is 2.83. The number of amides is 5. The number of urea groups is 1. The molecule has 0 unspecified atom stereocenters. The number of allylic oxidation sites excluding steroid dienone is 2. The molecule has 1 heterocycles. The molecule has 5 amide bonds. The zero-order valence-corrected chi connectivity index (χ0v) is 15.7. The first-order valence-electron chi connectivity index (χ1n) is 9.01. The molecule has 0 spiro atoms. The molecule has 0 aromatic carbocycles. The summed E-state index contributed by atoms with van der Waals surface area (Å²) in [7, 11) is 0. The molecule has 2 N–H and O–H groups in total. The van der Waals surface area contributed by atoms with E-state index in [1.165, 1.54) is 6.92 Å². The number of imide groups is 2. The van der Waals surface area contributed by atoms with E-state index in [9.17, 15) is 24.0 Å². The Morgan fingerprint density at radius 3 is 2.19 bits per heavy atom. The van der Waals surface area contributed by atoms with Crippen LogP contribution in [-0.2, 0) is 23.9 Å². The van der Waals surface area contributed by atoms with Gasteiger partial charge in [-0.2, -0.15) is 0 Å². The second-order valence-electron chi connectivity index (χ2n) is 6.98. The summed E-state index contributed by atoms with van der Waals surface area (Å²) in [5.74, 6) is -2.70. The minimum Gasteiger partial charge on any atom is -0.452 e. The quantitative estimate of drug-likeness (QED) is 0.394. The molecule has 1 saturated heterocycles. The predicted molar refractivity (Wildman–Crippen MR) is 94.1 cm³/mol. The lowest BCUT2D eigenvalue weighted by Crippen LogP contribution is -2.46. The molecule has 0 aromatic rings. The van der Waals surface area contributed by atoms with Crippen LogP contribution in [0.3, 0.4) is 0 Å². The van der Waals surface area contributed by atoms with Crippen molar-refractivity contribution in [1.82, 2.24) is 15.5 Å². The second-order valence-corrected chi connectivity index (χ2v) is 6.98. The summed E-state index contributed by atoms with van der Waals surface area (Å²) >= 11 is 0. The SMILES string of the molecule is CC(C)NC(=O)NC(=O)[C@H](C)OC(=O)CCN1C(=O)[C@H]2CC=CC[C@@H]2C1=O. The Bertz CT molecular complexity index is 646. The van der Waals surface area contributed by atoms with Crippen LogP contribution in [0.5, 0.6) is 0 Å². The molecule has 0 bridgehead atoms. The Labute approximate surface area is 157 Å². The first-order chi connectivity index (χ1) is 12.7. The van der Waals surface area contributed by atoms with Crippen molar-refractivity contribution in [2.45, 2.75) is 52.2 Å². The molecular formula is C18H25N3O6. The predicted octanol–water partition coefficient (Wildman–Crippen LogP) is 0.494. The highest BCUT2D eigenvalue weighted by atomic mass is 16.5. The van der Waals surface area contributed by atoms with Gasteiger partial charge in [-0.1, -0.05) is 12.2 Å². The number of esters is 1. The van der Waals surface area contributed by atoms with Crippen LogP contribution in [0.2, 0.25) is 0 Å². The van der Waals surface area contributed by atoms with Gasteiger partial charge < -0.3 is 10.1 Å². The standard InChI is InChI=1S/C18H25N3O6/c1-10(2)19-18(26)20-15(23)11(3)27-14(22)8-9-21-16(24)12-6-4-5-7-13(12)17(21)25/h4-5,10-13H,6-9H2,1-3H3,(H2,19,20,23,26)/t11-,12-,13-/m0/s1. The molecule has 1 aliphatic heterocycles. The average molecular weight is 379 g/mol. The molecule has 2 rings (SSSR count). The third-order valence-electron chi connectivity index (χ3n) is 4.47. The maximum Gasteiger partial charge on any atom is 0.321 e. The number of hydrogen-bond acceptors (Lipinski definition) is 6. The summed E-state index contributed by atoms with van der Waals surface area (Å²) in [5, 5.41) is 4.55. The van der Waals surface area contributed by atoms with E-state index in [1.54, 1.807) is 13.8 Å². The second kappa shape index (κ2) is 8.79. The molecule has 1 fully saturated rings. The number of carbonyl (C=O) groups excluding carboxylic acids is 5. The third kappa shape index (κ3) is 5.15. The number of nitrogens with one attached hydrogen (secondary N) is 2. The summed E-state index contributed by atoms with van der Waals surface area (Å²) in [6, 6.07) is -0.826. The van der Waals surface area contributed by atoms with Crippen LogP contribution in [0.4, 0.5) is 4.79 Å². The van der Waals surface area contributed by atoms with E-state index in [2.05, 4.69) is 10.6 Å². The Hall–Kier alpha value is -2.71. The maximum atomic E-state index is 12.3. The van der Waals surface area contributed by atoms with Crippen LogP contribution in [0, 0.1) is 11.8 Å². The third-order valence-corrected chi connectivity index (χ3v) is 4.47. The zero-order chi connectivity index (χ0) is 20.1. The van der Waals surface area contributed by atoms with Gasteiger partial charge >= 0.3 is 12.0 Å². The van der Waals surface area contributed by atoms with Gasteiger partial charge in [-0.25, -0.2) is 4.79 Å². The van der Waals surface area contributed by atoms with Crippen molar-refractivity contribution in [3.63, 3.8) is 0 Å². The van der Waals surface area contributed by atoms with Crippen molar-refractivity contribution < 1.29 is 28.7 Å². The van der Waals surface area contributed by atoms with Crippen molar-refractivity contribution in [1.29, 1.82) is 0 Å². The number of fused-ring (bicyclic) bond motifs is 1. The van der Waals surface area contributed by atoms with Gasteiger partial charge in [0.05, 0.1) is 18.3 Å². The number of hydrogen-bond donors (Lipinski definition) is 2. The summed E-state index contributed by atoms with van der Waals surface area (Å²) in [5.41, 5.74) is 0. The zero-order valence-electron chi connectivity index (χ0n) is 15.7. The molecule has 2 aliphatic rings. The van der Waals surface area contributed by atoms with E-state index in [-0.39, 0.29) is 42.7 Å². The van der Waals surface area contributed by atoms with Gasteiger partial charge in [0.25, 0.3) is 5.91 Å². The van der Waals surface area contributed by atoms with Gasteiger partial charge in [-0.3, -0.25) is 29.4 Å². The molecule has 0 aromatic heterocycles. The van der Waals surface area contributed by atoms with E-state index in [1.807, 2.05) is 12.2 Å². The first kappa shape index (κ1) is 20.6. The van der Waals surface area contributed by atoms with Gasteiger partial charge in [0, 0.05) is 12.6 Å². The van der Waals surface area contributed by atoms with Crippen LogP contribution >= 0.6 is 0 Å². The monoisotopic (exact) mass is 379 g/mol. The molecule has 148 valence electrons. The first-order valence-corrected chi connectivity index (χ1v) is 9.01. The summed E-state index contributed by atoms with van der Waals surface area (Å²) in [6.45, 7) is 4.73. The topological polar surface area (TPSA) is 122 Å². The van der Waals surface area contributed by atoms with Crippen molar-refractivity contribution >= 4 is 29.7 Å². The highest BCUT2D eigenvalue weighted by molar-refractivity contribution is 6.05. The minimum atomic E-state index is -1.17. The fraction of sp³-hybridized carbons (Fsp3) is 0.611. The Kier molecular flexibility index (Phi) is 6.70. The number of ether oxygens (including phenoxy) is 1. The largest absolute Gasteiger partial charge is 0.452 e. The number of rotatable bonds is 6. The lowest BCUT2D eigenvalue weighted by Gasteiger charge is -2.16. The van der Waals surface area contributed by atoms with Gasteiger partial charge in [0.1, 0.15) is 0 Å². The van der Waals surface area contributed by atoms with E-state index in [0.717, 1.165) is 4.90 Å². The number of likely N-dealkylation sites (tertiary alicyclic amines) is 1. The molecular weight excluding hydrogens is 354 g/mol. The van der Waals surface area contributed by atoms with Crippen LogP contribution in [0.25, 0.3) is 0 Å². The van der Waals surface area contributed by atoms with Crippen LogP contribution in [-0.4, -0.2) is 53.3 Å². The molecule has 27 heavy (non-hydrogen) atoms. The molecule has 9 heteroatoms. The van der Waals surface area contributed by atoms with Gasteiger partial charge in [-0.15, -0.1) is 0 Å². The lowest BCUT2D eigenvalue weighted by atomic mass is 9.85. The molecule has 1 aliphatic carbocycles. The number of carbonyl (C=O) groups is 5. The fourth-order valence-corrected chi connectivity index (χ4v) is 3.11. The van der Waals surface area contributed by atoms with E-state index in [4.69, 9.17) is 4.74 Å². The smallest absolute Gasteiger partial charge is 0.321 e. The highest BCUT2D eigenvalue weighted by Crippen LogP contribution is 2.34.